The van der Waals surface area contributed by atoms with Crippen LogP contribution < -0.4 is 20.3 Å². The van der Waals surface area contributed by atoms with Crippen molar-refractivity contribution in [3.05, 3.63) is 90.1 Å². The summed E-state index contributed by atoms with van der Waals surface area (Å²) in [6.07, 6.45) is 1.27. The molecule has 1 fully saturated rings. The topological polar surface area (TPSA) is 113 Å². The van der Waals surface area contributed by atoms with E-state index in [2.05, 4.69) is 20.5 Å². The van der Waals surface area contributed by atoms with E-state index in [-0.39, 0.29) is 23.9 Å². The molecular formula is C34H37N5O5. The van der Waals surface area contributed by atoms with Crippen molar-refractivity contribution in [2.45, 2.75) is 39.3 Å². The molecule has 1 aliphatic rings. The molecule has 3 aromatic carbocycles. The molecule has 44 heavy (non-hydrogen) atoms. The number of nitrogens with zero attached hydrogens (tertiary/aromatic N) is 3. The van der Waals surface area contributed by atoms with Gasteiger partial charge in [0.15, 0.2) is 0 Å². The number of carbonyl (C=O) groups excluding carboxylic acids is 3. The second-order valence-electron chi connectivity index (χ2n) is 11.7. The fourth-order valence-electron chi connectivity index (χ4n) is 5.13. The Morgan fingerprint density at radius 3 is 2.36 bits per heavy atom. The normalized spacial score (nSPS) is 15.1. The molecule has 228 valence electrons. The van der Waals surface area contributed by atoms with Crippen LogP contribution in [0.4, 0.5) is 16.3 Å². The maximum absolute atomic E-state index is 13.0. The Bertz CT molecular complexity index is 1680. The number of pyridine rings is 1. The van der Waals surface area contributed by atoms with Gasteiger partial charge in [-0.15, -0.1) is 0 Å². The minimum atomic E-state index is -0.536. The summed E-state index contributed by atoms with van der Waals surface area (Å²) >= 11 is 0. The van der Waals surface area contributed by atoms with Crippen LogP contribution in [-0.2, 0) is 4.74 Å². The molecule has 5 rings (SSSR count). The van der Waals surface area contributed by atoms with E-state index in [9.17, 15) is 14.4 Å². The van der Waals surface area contributed by atoms with Crippen LogP contribution in [-0.4, -0.2) is 66.1 Å². The lowest BCUT2D eigenvalue weighted by Gasteiger charge is -2.41. The zero-order valence-electron chi connectivity index (χ0n) is 25.6. The van der Waals surface area contributed by atoms with Crippen LogP contribution in [0.2, 0.25) is 0 Å². The summed E-state index contributed by atoms with van der Waals surface area (Å²) in [5.74, 6) is 1.00. The second kappa shape index (κ2) is 12.6. The molecular weight excluding hydrogens is 558 g/mol. The number of benzene rings is 3. The fourth-order valence-corrected chi connectivity index (χ4v) is 5.13. The van der Waals surface area contributed by atoms with Gasteiger partial charge in [0.25, 0.3) is 11.8 Å². The van der Waals surface area contributed by atoms with Gasteiger partial charge in [0, 0.05) is 61.8 Å². The van der Waals surface area contributed by atoms with Crippen molar-refractivity contribution in [2.24, 2.45) is 0 Å². The highest BCUT2D eigenvalue weighted by molar-refractivity contribution is 6.07. The Morgan fingerprint density at radius 2 is 1.66 bits per heavy atom. The van der Waals surface area contributed by atoms with Gasteiger partial charge in [-0.05, 0) is 93.1 Å². The van der Waals surface area contributed by atoms with E-state index in [0.29, 0.717) is 48.1 Å². The van der Waals surface area contributed by atoms with E-state index in [0.717, 1.165) is 16.5 Å². The Labute approximate surface area is 257 Å². The van der Waals surface area contributed by atoms with Gasteiger partial charge in [0.2, 0.25) is 0 Å². The van der Waals surface area contributed by atoms with Gasteiger partial charge >= 0.3 is 6.09 Å². The first kappa shape index (κ1) is 30.3. The van der Waals surface area contributed by atoms with Gasteiger partial charge in [-0.25, -0.2) is 9.78 Å². The Morgan fingerprint density at radius 1 is 0.909 bits per heavy atom. The van der Waals surface area contributed by atoms with Gasteiger partial charge in [-0.3, -0.25) is 9.59 Å². The van der Waals surface area contributed by atoms with Crippen LogP contribution in [0.5, 0.6) is 11.5 Å². The molecule has 3 amide bonds. The quantitative estimate of drug-likeness (QED) is 0.278. The lowest BCUT2D eigenvalue weighted by Crippen LogP contribution is -2.55. The molecule has 0 spiro atoms. The molecule has 0 bridgehead atoms. The molecule has 0 saturated carbocycles. The molecule has 1 saturated heterocycles. The van der Waals surface area contributed by atoms with Crippen molar-refractivity contribution in [1.29, 1.82) is 0 Å². The van der Waals surface area contributed by atoms with Gasteiger partial charge in [0.05, 0.1) is 0 Å². The number of nitrogens with one attached hydrogen (secondary N) is 2. The number of carbonyl (C=O) groups is 3. The standard InChI is InChI=1S/C34H37N5O5/c1-22-21-38(17-18-39(22)33(42)44-34(2,3)4)25-11-9-23(10-12-25)31(40)37-30-20-27(15-16-36-30)43-26-13-14-28-24(19-26)7-6-8-29(28)32(41)35-5/h6-16,19-20,22H,17-18,21H2,1-5H3,(H,35,41)(H,36,37,40). The molecule has 1 unspecified atom stereocenters. The third kappa shape index (κ3) is 7.08. The van der Waals surface area contributed by atoms with Crippen LogP contribution in [0, 0.1) is 0 Å². The van der Waals surface area contributed by atoms with Crippen LogP contribution >= 0.6 is 0 Å². The molecule has 0 radical (unpaired) electrons. The molecule has 1 aromatic heterocycles. The summed E-state index contributed by atoms with van der Waals surface area (Å²) in [5.41, 5.74) is 1.52. The lowest BCUT2D eigenvalue weighted by atomic mass is 10.0. The molecule has 10 nitrogen and oxygen atoms in total. The number of ether oxygens (including phenoxy) is 2. The van der Waals surface area contributed by atoms with E-state index >= 15 is 0 Å². The van der Waals surface area contributed by atoms with Crippen molar-refractivity contribution >= 4 is 40.2 Å². The third-order valence-corrected chi connectivity index (χ3v) is 7.28. The summed E-state index contributed by atoms with van der Waals surface area (Å²) < 4.78 is 11.6. The average Bonchev–Trinajstić information content (AvgIpc) is 2.99. The molecule has 2 heterocycles. The number of aromatic nitrogens is 1. The van der Waals surface area contributed by atoms with E-state index in [1.165, 1.54) is 0 Å². The van der Waals surface area contributed by atoms with E-state index in [1.54, 1.807) is 54.5 Å². The molecule has 2 N–H and O–H groups in total. The minimum absolute atomic E-state index is 0.0169. The van der Waals surface area contributed by atoms with E-state index in [4.69, 9.17) is 9.47 Å². The first-order valence-corrected chi connectivity index (χ1v) is 14.6. The number of amides is 3. The van der Waals surface area contributed by atoms with E-state index in [1.807, 2.05) is 64.1 Å². The Hall–Kier alpha value is -5.12. The molecule has 0 aliphatic carbocycles. The van der Waals surface area contributed by atoms with E-state index < -0.39 is 5.60 Å². The highest BCUT2D eigenvalue weighted by Crippen LogP contribution is 2.29. The van der Waals surface area contributed by atoms with Crippen LogP contribution in [0.1, 0.15) is 48.4 Å². The lowest BCUT2D eigenvalue weighted by molar-refractivity contribution is 0.0159. The molecule has 1 atom stereocenters. The Balaban J connectivity index is 1.20. The summed E-state index contributed by atoms with van der Waals surface area (Å²) in [6.45, 7) is 9.48. The smallest absolute Gasteiger partial charge is 0.410 e. The summed E-state index contributed by atoms with van der Waals surface area (Å²) in [7, 11) is 1.60. The number of rotatable bonds is 6. The molecule has 1 aliphatic heterocycles. The monoisotopic (exact) mass is 595 g/mol. The SMILES string of the molecule is CNC(=O)c1cccc2cc(Oc3ccnc(NC(=O)c4ccc(N5CCN(C(=O)OC(C)(C)C)C(C)C5)cc4)c3)ccc12. The van der Waals surface area contributed by atoms with Crippen molar-refractivity contribution in [3.63, 3.8) is 0 Å². The van der Waals surface area contributed by atoms with Crippen LogP contribution in [0.3, 0.4) is 0 Å². The zero-order valence-corrected chi connectivity index (χ0v) is 25.6. The number of hydrogen-bond donors (Lipinski definition) is 2. The first-order chi connectivity index (χ1) is 21.0. The van der Waals surface area contributed by atoms with Gasteiger partial charge in [-0.1, -0.05) is 12.1 Å². The van der Waals surface area contributed by atoms with Crippen molar-refractivity contribution in [2.75, 3.05) is 36.9 Å². The summed E-state index contributed by atoms with van der Waals surface area (Å²) in [5, 5.41) is 7.19. The largest absolute Gasteiger partial charge is 0.457 e. The number of anilines is 2. The number of hydrogen-bond acceptors (Lipinski definition) is 7. The number of piperazine rings is 1. The van der Waals surface area contributed by atoms with Crippen molar-refractivity contribution in [3.8, 4) is 11.5 Å². The maximum Gasteiger partial charge on any atom is 0.410 e. The third-order valence-electron chi connectivity index (χ3n) is 7.28. The highest BCUT2D eigenvalue weighted by atomic mass is 16.6. The summed E-state index contributed by atoms with van der Waals surface area (Å²) in [6, 6.07) is 21.8. The van der Waals surface area contributed by atoms with Gasteiger partial charge in [-0.2, -0.15) is 0 Å². The zero-order chi connectivity index (χ0) is 31.4. The maximum atomic E-state index is 13.0. The van der Waals surface area contributed by atoms with Crippen molar-refractivity contribution in [1.82, 2.24) is 15.2 Å². The second-order valence-corrected chi connectivity index (χ2v) is 11.7. The first-order valence-electron chi connectivity index (χ1n) is 14.6. The average molecular weight is 596 g/mol. The minimum Gasteiger partial charge on any atom is -0.457 e. The molecule has 4 aromatic rings. The molecule has 10 heteroatoms. The fraction of sp³-hybridized carbons (Fsp3) is 0.294. The van der Waals surface area contributed by atoms with Gasteiger partial charge < -0.3 is 29.9 Å². The predicted molar refractivity (Wildman–Crippen MR) is 171 cm³/mol. The highest BCUT2D eigenvalue weighted by Gasteiger charge is 2.31. The summed E-state index contributed by atoms with van der Waals surface area (Å²) in [4.78, 5) is 46.0. The Kier molecular flexibility index (Phi) is 8.71. The van der Waals surface area contributed by atoms with Crippen LogP contribution in [0.25, 0.3) is 10.8 Å². The van der Waals surface area contributed by atoms with Crippen molar-refractivity contribution < 1.29 is 23.9 Å². The van der Waals surface area contributed by atoms with Crippen LogP contribution in [0.15, 0.2) is 79.0 Å². The predicted octanol–water partition coefficient (Wildman–Crippen LogP) is 6.08. The number of fused-ring (bicyclic) bond motifs is 1. The van der Waals surface area contributed by atoms with Gasteiger partial charge in [0.1, 0.15) is 22.9 Å².